The summed E-state index contributed by atoms with van der Waals surface area (Å²) in [5, 5.41) is 8.28. The van der Waals surface area contributed by atoms with E-state index in [0.717, 1.165) is 12.1 Å². The van der Waals surface area contributed by atoms with E-state index in [1.54, 1.807) is 51.2 Å². The number of fused-ring (bicyclic) bond motifs is 8. The monoisotopic (exact) mass is 832 g/mol. The number of nitrogens with zero attached hydrogens (tertiary/aromatic N) is 8. The summed E-state index contributed by atoms with van der Waals surface area (Å²) in [4.78, 5) is 65.5. The predicted octanol–water partition coefficient (Wildman–Crippen LogP) is 4.62. The minimum absolute atomic E-state index is 0.0130. The molecule has 316 valence electrons. The molecule has 4 aliphatic heterocycles. The van der Waals surface area contributed by atoms with Crippen molar-refractivity contribution >= 4 is 23.6 Å². The van der Waals surface area contributed by atoms with Crippen molar-refractivity contribution in [3.05, 3.63) is 89.5 Å². The highest BCUT2D eigenvalue weighted by atomic mass is 19.4. The number of pyridine rings is 1. The highest BCUT2D eigenvalue weighted by molar-refractivity contribution is 5.99. The zero-order valence-electron chi connectivity index (χ0n) is 32.9. The molecular formula is C42H44F4N8O6. The summed E-state index contributed by atoms with van der Waals surface area (Å²) in [6.45, 7) is 3.83. The minimum atomic E-state index is -4.71. The van der Waals surface area contributed by atoms with Crippen molar-refractivity contribution in [3.8, 4) is 22.8 Å². The summed E-state index contributed by atoms with van der Waals surface area (Å²) in [5.41, 5.74) is 0.481. The molecule has 3 fully saturated rings. The molecule has 4 aliphatic rings. The van der Waals surface area contributed by atoms with Gasteiger partial charge in [0.05, 0.1) is 42.5 Å². The van der Waals surface area contributed by atoms with E-state index in [-0.39, 0.29) is 97.2 Å². The van der Waals surface area contributed by atoms with E-state index in [2.05, 4.69) is 15.3 Å². The summed E-state index contributed by atoms with van der Waals surface area (Å²) in [7, 11) is 0. The van der Waals surface area contributed by atoms with Crippen molar-refractivity contribution in [1.82, 2.24) is 39.6 Å². The fraction of sp³-hybridized carbons (Fsp3) is 0.452. The summed E-state index contributed by atoms with van der Waals surface area (Å²) < 4.78 is 69.7. The second-order valence-electron chi connectivity index (χ2n) is 15.8. The number of rotatable bonds is 6. The Bertz CT molecular complexity index is 2250. The summed E-state index contributed by atoms with van der Waals surface area (Å²) in [6, 6.07) is 12.7. The van der Waals surface area contributed by atoms with Crippen molar-refractivity contribution in [2.45, 2.75) is 57.5 Å². The van der Waals surface area contributed by atoms with Crippen LogP contribution in [0.15, 0.2) is 66.9 Å². The first-order valence-corrected chi connectivity index (χ1v) is 20.0. The molecule has 0 spiro atoms. The van der Waals surface area contributed by atoms with Crippen LogP contribution in [-0.4, -0.2) is 128 Å². The highest BCUT2D eigenvalue weighted by Gasteiger charge is 2.44. The lowest BCUT2D eigenvalue weighted by Crippen LogP contribution is -2.53. The number of piperazine rings is 1. The molecule has 8 rings (SSSR count). The first kappa shape index (κ1) is 40.9. The van der Waals surface area contributed by atoms with Crippen molar-refractivity contribution in [1.29, 1.82) is 0 Å². The van der Waals surface area contributed by atoms with Crippen LogP contribution in [0.5, 0.6) is 5.88 Å². The van der Waals surface area contributed by atoms with E-state index >= 15 is 0 Å². The van der Waals surface area contributed by atoms with Gasteiger partial charge in [0.2, 0.25) is 23.6 Å². The molecule has 2 aromatic heterocycles. The molecule has 6 bridgehead atoms. The van der Waals surface area contributed by atoms with Gasteiger partial charge in [0.1, 0.15) is 17.6 Å². The Morgan fingerprint density at radius 1 is 0.917 bits per heavy atom. The summed E-state index contributed by atoms with van der Waals surface area (Å²) in [5.74, 6) is -1.93. The molecule has 2 aromatic carbocycles. The Morgan fingerprint density at radius 2 is 1.67 bits per heavy atom. The van der Waals surface area contributed by atoms with Crippen LogP contribution in [-0.2, 0) is 31.9 Å². The van der Waals surface area contributed by atoms with Crippen molar-refractivity contribution in [2.24, 2.45) is 11.8 Å². The molecule has 4 atom stereocenters. The number of halogens is 4. The number of hydrogen-bond donors (Lipinski definition) is 0. The van der Waals surface area contributed by atoms with Crippen LogP contribution < -0.4 is 4.74 Å². The Balaban J connectivity index is 1.06. The first-order valence-electron chi connectivity index (χ1n) is 20.0. The van der Waals surface area contributed by atoms with Gasteiger partial charge in [-0.25, -0.2) is 14.1 Å². The van der Waals surface area contributed by atoms with E-state index in [0.29, 0.717) is 56.9 Å². The number of piperidine rings is 1. The normalized spacial score (nSPS) is 22.4. The lowest BCUT2D eigenvalue weighted by atomic mass is 9.80. The van der Waals surface area contributed by atoms with Gasteiger partial charge in [-0.1, -0.05) is 17.3 Å². The fourth-order valence-corrected chi connectivity index (χ4v) is 8.56. The van der Waals surface area contributed by atoms with Crippen LogP contribution >= 0.6 is 0 Å². The highest BCUT2D eigenvalue weighted by Crippen LogP contribution is 2.36. The van der Waals surface area contributed by atoms with Crippen LogP contribution in [0.4, 0.5) is 17.6 Å². The van der Waals surface area contributed by atoms with E-state index in [9.17, 15) is 36.7 Å². The molecule has 6 heterocycles. The van der Waals surface area contributed by atoms with Gasteiger partial charge in [-0.3, -0.25) is 19.2 Å². The van der Waals surface area contributed by atoms with Crippen LogP contribution in [0.25, 0.3) is 16.9 Å². The average Bonchev–Trinajstić information content (AvgIpc) is 3.90. The maximum Gasteiger partial charge on any atom is 0.416 e. The smallest absolute Gasteiger partial charge is 0.416 e. The maximum absolute atomic E-state index is 14.6. The van der Waals surface area contributed by atoms with Gasteiger partial charge < -0.3 is 29.1 Å². The Kier molecular flexibility index (Phi) is 11.6. The number of carbonyl (C=O) groups excluding carboxylic acids is 4. The SMILES string of the molecule is CC(=O)N1CCN(C(=O)C[C@@H]2CCN3C[C@@H]2CCOc2cc(C(F)(F)F)cc(n2)-c2cccc(c2)C(=O)N2C[C@H](OCc4cn(-c5ccc(F)cc5)nn4)C[C@H]2C3=O)CC1. The van der Waals surface area contributed by atoms with Crippen molar-refractivity contribution in [2.75, 3.05) is 52.4 Å². The topological polar surface area (TPSA) is 143 Å². The third kappa shape index (κ3) is 8.97. The maximum atomic E-state index is 14.6. The molecule has 0 saturated carbocycles. The van der Waals surface area contributed by atoms with Gasteiger partial charge in [0.15, 0.2) is 0 Å². The van der Waals surface area contributed by atoms with Crippen LogP contribution in [0.1, 0.15) is 54.2 Å². The zero-order chi connectivity index (χ0) is 42.1. The number of ether oxygens (including phenoxy) is 2. The van der Waals surface area contributed by atoms with Gasteiger partial charge in [-0.05, 0) is 67.1 Å². The summed E-state index contributed by atoms with van der Waals surface area (Å²) in [6.07, 6.45) is -2.48. The van der Waals surface area contributed by atoms with E-state index in [4.69, 9.17) is 9.47 Å². The van der Waals surface area contributed by atoms with E-state index in [1.807, 2.05) is 0 Å². The third-order valence-electron chi connectivity index (χ3n) is 11.9. The number of hydrogen-bond acceptors (Lipinski definition) is 9. The number of alkyl halides is 3. The van der Waals surface area contributed by atoms with E-state index in [1.165, 1.54) is 34.7 Å². The molecule has 0 radical (unpaired) electrons. The van der Waals surface area contributed by atoms with Crippen molar-refractivity contribution < 1.29 is 46.2 Å². The van der Waals surface area contributed by atoms with Gasteiger partial charge in [0.25, 0.3) is 5.91 Å². The second kappa shape index (κ2) is 17.0. The lowest BCUT2D eigenvalue weighted by molar-refractivity contribution is -0.141. The molecule has 4 aromatic rings. The van der Waals surface area contributed by atoms with Crippen LogP contribution in [0.3, 0.4) is 0 Å². The molecule has 0 unspecified atom stereocenters. The van der Waals surface area contributed by atoms with Gasteiger partial charge >= 0.3 is 6.18 Å². The van der Waals surface area contributed by atoms with Gasteiger partial charge in [-0.15, -0.1) is 5.10 Å². The third-order valence-corrected chi connectivity index (χ3v) is 11.9. The van der Waals surface area contributed by atoms with Gasteiger partial charge in [0, 0.05) is 82.8 Å². The molecule has 18 heteroatoms. The molecule has 0 aliphatic carbocycles. The number of aromatic nitrogens is 4. The standard InChI is InChI=1S/C42H44F4N8O6/c1-26(55)50-12-14-51(15-13-50)39(56)18-27-9-11-52-22-30(27)10-16-59-38-20-31(42(44,45)46)19-36(47-38)28-3-2-4-29(17-28)40(57)53-24-35(21-37(53)41(52)58)60-25-33-23-54(49-48-33)34-7-5-32(43)6-8-34/h2-8,17,19-20,23,27,30,35,37H,9-16,18,21-22,24-25H2,1H3/t27-,30-,35+,37-/m0/s1. The zero-order valence-corrected chi connectivity index (χ0v) is 32.9. The fourth-order valence-electron chi connectivity index (χ4n) is 8.56. The minimum Gasteiger partial charge on any atom is -0.478 e. The Morgan fingerprint density at radius 3 is 2.42 bits per heavy atom. The average molecular weight is 833 g/mol. The second-order valence-corrected chi connectivity index (χ2v) is 15.8. The Labute approximate surface area is 343 Å². The van der Waals surface area contributed by atoms with Crippen molar-refractivity contribution in [3.63, 3.8) is 0 Å². The largest absolute Gasteiger partial charge is 0.478 e. The van der Waals surface area contributed by atoms with Crippen LogP contribution in [0.2, 0.25) is 0 Å². The lowest BCUT2D eigenvalue weighted by Gasteiger charge is -2.41. The van der Waals surface area contributed by atoms with Gasteiger partial charge in [-0.2, -0.15) is 13.2 Å². The molecule has 14 nitrogen and oxygen atoms in total. The molecular weight excluding hydrogens is 789 g/mol. The molecule has 60 heavy (non-hydrogen) atoms. The van der Waals surface area contributed by atoms with E-state index < -0.39 is 29.8 Å². The number of benzene rings is 2. The number of amides is 4. The first-order chi connectivity index (χ1) is 28.8. The molecule has 0 N–H and O–H groups in total. The quantitative estimate of drug-likeness (QED) is 0.255. The molecule has 3 saturated heterocycles. The predicted molar refractivity (Wildman–Crippen MR) is 206 cm³/mol. The number of carbonyl (C=O) groups is 4. The Hall–Kier alpha value is -5.91. The summed E-state index contributed by atoms with van der Waals surface area (Å²) >= 11 is 0. The van der Waals surface area contributed by atoms with Crippen LogP contribution in [0, 0.1) is 17.7 Å². The molecule has 4 amide bonds.